The van der Waals surface area contributed by atoms with Crippen LogP contribution in [-0.4, -0.2) is 19.6 Å². The summed E-state index contributed by atoms with van der Waals surface area (Å²) in [6, 6.07) is 15.7. The molecule has 0 aromatic heterocycles. The van der Waals surface area contributed by atoms with Gasteiger partial charge in [0.2, 0.25) is 5.91 Å². The Labute approximate surface area is 150 Å². The molecule has 134 valence electrons. The van der Waals surface area contributed by atoms with Crippen molar-refractivity contribution in [2.75, 3.05) is 13.7 Å². The highest BCUT2D eigenvalue weighted by atomic mass is 16.5. The molecule has 4 nitrogen and oxygen atoms in total. The first kappa shape index (κ1) is 18.8. The Balaban J connectivity index is 1.80. The number of benzene rings is 2. The quantitative estimate of drug-likeness (QED) is 0.686. The molecule has 25 heavy (non-hydrogen) atoms. The molecule has 1 unspecified atom stereocenters. The molecule has 0 saturated carbocycles. The van der Waals surface area contributed by atoms with Gasteiger partial charge in [0.15, 0.2) is 0 Å². The molecule has 0 heterocycles. The van der Waals surface area contributed by atoms with Crippen LogP contribution < -0.4 is 14.8 Å². The molecule has 0 bridgehead atoms. The maximum atomic E-state index is 12.2. The van der Waals surface area contributed by atoms with Gasteiger partial charge in [-0.1, -0.05) is 37.3 Å². The fraction of sp³-hybridized carbons (Fsp3) is 0.381. The minimum Gasteiger partial charge on any atom is -0.496 e. The van der Waals surface area contributed by atoms with Crippen LogP contribution in [-0.2, 0) is 4.79 Å². The Kier molecular flexibility index (Phi) is 7.33. The summed E-state index contributed by atoms with van der Waals surface area (Å²) in [5, 5.41) is 3.11. The van der Waals surface area contributed by atoms with Crippen LogP contribution in [0.2, 0.25) is 0 Å². The normalized spacial score (nSPS) is 11.6. The monoisotopic (exact) mass is 341 g/mol. The number of nitrogens with one attached hydrogen (secondary N) is 1. The van der Waals surface area contributed by atoms with Crippen molar-refractivity contribution < 1.29 is 14.3 Å². The second-order valence-electron chi connectivity index (χ2n) is 6.02. The molecule has 1 amide bonds. The molecule has 2 rings (SSSR count). The fourth-order valence-electron chi connectivity index (χ4n) is 2.75. The summed E-state index contributed by atoms with van der Waals surface area (Å²) in [5.41, 5.74) is 2.18. The number of aryl methyl sites for hydroxylation is 1. The molecule has 2 aromatic carbocycles. The van der Waals surface area contributed by atoms with Crippen molar-refractivity contribution in [3.8, 4) is 11.5 Å². The highest BCUT2D eigenvalue weighted by molar-refractivity contribution is 5.76. The van der Waals surface area contributed by atoms with Crippen molar-refractivity contribution in [2.45, 2.75) is 39.2 Å². The number of carbonyl (C=O) groups is 1. The maximum absolute atomic E-state index is 12.2. The molecular weight excluding hydrogens is 314 g/mol. The van der Waals surface area contributed by atoms with Crippen LogP contribution in [0.4, 0.5) is 0 Å². The standard InChI is InChI=1S/C21H27NO3/c1-4-19(17-12-13-20(24-3)16(2)15-17)22-21(23)11-8-14-25-18-9-6-5-7-10-18/h5-7,9-10,12-13,15,19H,4,8,11,14H2,1-3H3,(H,22,23). The van der Waals surface area contributed by atoms with E-state index in [1.807, 2.05) is 49.4 Å². The Bertz CT molecular complexity index is 670. The first-order valence-electron chi connectivity index (χ1n) is 8.75. The number of methoxy groups -OCH3 is 1. The molecular formula is C21H27NO3. The molecule has 4 heteroatoms. The second-order valence-corrected chi connectivity index (χ2v) is 6.02. The highest BCUT2D eigenvalue weighted by Crippen LogP contribution is 2.24. The minimum absolute atomic E-state index is 0.0205. The van der Waals surface area contributed by atoms with Crippen LogP contribution in [0.25, 0.3) is 0 Å². The number of hydrogen-bond donors (Lipinski definition) is 1. The number of carbonyl (C=O) groups excluding carboxylic acids is 1. The van der Waals surface area contributed by atoms with E-state index in [1.165, 1.54) is 0 Å². The zero-order valence-electron chi connectivity index (χ0n) is 15.2. The van der Waals surface area contributed by atoms with Crippen molar-refractivity contribution in [2.24, 2.45) is 0 Å². The van der Waals surface area contributed by atoms with Crippen molar-refractivity contribution in [3.63, 3.8) is 0 Å². The Morgan fingerprint density at radius 1 is 1.16 bits per heavy atom. The number of para-hydroxylation sites is 1. The summed E-state index contributed by atoms with van der Waals surface area (Å²) in [5.74, 6) is 1.75. The summed E-state index contributed by atoms with van der Waals surface area (Å²) in [4.78, 5) is 12.2. The molecule has 0 fully saturated rings. The molecule has 0 aliphatic heterocycles. The van der Waals surface area contributed by atoms with Gasteiger partial charge in [-0.3, -0.25) is 4.79 Å². The van der Waals surface area contributed by atoms with Crippen molar-refractivity contribution in [3.05, 3.63) is 59.7 Å². The Morgan fingerprint density at radius 3 is 2.56 bits per heavy atom. The molecule has 2 aromatic rings. The molecule has 0 aliphatic carbocycles. The zero-order valence-corrected chi connectivity index (χ0v) is 15.2. The SMILES string of the molecule is CCC(NC(=O)CCCOc1ccccc1)c1ccc(OC)c(C)c1. The van der Waals surface area contributed by atoms with Crippen LogP contribution in [0, 0.1) is 6.92 Å². The van der Waals surface area contributed by atoms with E-state index < -0.39 is 0 Å². The number of rotatable bonds is 9. The number of hydrogen-bond acceptors (Lipinski definition) is 3. The zero-order chi connectivity index (χ0) is 18.1. The van der Waals surface area contributed by atoms with E-state index in [9.17, 15) is 4.79 Å². The lowest BCUT2D eigenvalue weighted by molar-refractivity contribution is -0.122. The summed E-state index contributed by atoms with van der Waals surface area (Å²) in [6.07, 6.45) is 2.00. The van der Waals surface area contributed by atoms with E-state index in [-0.39, 0.29) is 11.9 Å². The van der Waals surface area contributed by atoms with Crippen LogP contribution in [0.15, 0.2) is 48.5 Å². The largest absolute Gasteiger partial charge is 0.496 e. The van der Waals surface area contributed by atoms with Gasteiger partial charge in [-0.2, -0.15) is 0 Å². The van der Waals surface area contributed by atoms with E-state index >= 15 is 0 Å². The van der Waals surface area contributed by atoms with Crippen LogP contribution in [0.3, 0.4) is 0 Å². The fourth-order valence-corrected chi connectivity index (χ4v) is 2.75. The first-order valence-corrected chi connectivity index (χ1v) is 8.75. The van der Waals surface area contributed by atoms with Gasteiger partial charge < -0.3 is 14.8 Å². The van der Waals surface area contributed by atoms with Gasteiger partial charge in [-0.15, -0.1) is 0 Å². The Morgan fingerprint density at radius 2 is 1.92 bits per heavy atom. The predicted molar refractivity (Wildman–Crippen MR) is 100 cm³/mol. The van der Waals surface area contributed by atoms with Crippen molar-refractivity contribution in [1.82, 2.24) is 5.32 Å². The van der Waals surface area contributed by atoms with E-state index in [0.717, 1.165) is 29.0 Å². The van der Waals surface area contributed by atoms with E-state index in [0.29, 0.717) is 19.4 Å². The van der Waals surface area contributed by atoms with Crippen LogP contribution in [0.1, 0.15) is 43.4 Å². The smallest absolute Gasteiger partial charge is 0.220 e. The van der Waals surface area contributed by atoms with Gasteiger partial charge in [-0.05, 0) is 49.1 Å². The average molecular weight is 341 g/mol. The lowest BCUT2D eigenvalue weighted by Gasteiger charge is -2.19. The van der Waals surface area contributed by atoms with Crippen LogP contribution >= 0.6 is 0 Å². The third-order valence-corrected chi connectivity index (χ3v) is 4.12. The first-order chi connectivity index (χ1) is 12.1. The van der Waals surface area contributed by atoms with E-state index in [4.69, 9.17) is 9.47 Å². The average Bonchev–Trinajstić information content (AvgIpc) is 2.64. The van der Waals surface area contributed by atoms with Gasteiger partial charge in [0.25, 0.3) is 0 Å². The summed E-state index contributed by atoms with van der Waals surface area (Å²) < 4.78 is 10.9. The predicted octanol–water partition coefficient (Wildman–Crippen LogP) is 4.43. The number of ether oxygens (including phenoxy) is 2. The van der Waals surface area contributed by atoms with Gasteiger partial charge in [-0.25, -0.2) is 0 Å². The summed E-state index contributed by atoms with van der Waals surface area (Å²) in [7, 11) is 1.67. The second kappa shape index (κ2) is 9.72. The molecule has 1 atom stereocenters. The number of amides is 1. The molecule has 0 radical (unpaired) electrons. The van der Waals surface area contributed by atoms with E-state index in [2.05, 4.69) is 18.3 Å². The van der Waals surface area contributed by atoms with Gasteiger partial charge in [0.1, 0.15) is 11.5 Å². The lowest BCUT2D eigenvalue weighted by atomic mass is 10.0. The third kappa shape index (κ3) is 5.82. The molecule has 0 saturated heterocycles. The van der Waals surface area contributed by atoms with Crippen molar-refractivity contribution in [1.29, 1.82) is 0 Å². The lowest BCUT2D eigenvalue weighted by Crippen LogP contribution is -2.28. The topological polar surface area (TPSA) is 47.6 Å². The van der Waals surface area contributed by atoms with Gasteiger partial charge in [0.05, 0.1) is 19.8 Å². The molecule has 0 spiro atoms. The van der Waals surface area contributed by atoms with E-state index in [1.54, 1.807) is 7.11 Å². The van der Waals surface area contributed by atoms with Crippen molar-refractivity contribution >= 4 is 5.91 Å². The highest BCUT2D eigenvalue weighted by Gasteiger charge is 2.13. The molecule has 0 aliphatic rings. The Hall–Kier alpha value is -2.49. The van der Waals surface area contributed by atoms with Gasteiger partial charge in [0, 0.05) is 6.42 Å². The summed E-state index contributed by atoms with van der Waals surface area (Å²) in [6.45, 7) is 4.62. The molecule has 1 N–H and O–H groups in total. The third-order valence-electron chi connectivity index (χ3n) is 4.12. The summed E-state index contributed by atoms with van der Waals surface area (Å²) >= 11 is 0. The van der Waals surface area contributed by atoms with Gasteiger partial charge >= 0.3 is 0 Å². The minimum atomic E-state index is 0.0205. The maximum Gasteiger partial charge on any atom is 0.220 e. The van der Waals surface area contributed by atoms with Crippen LogP contribution in [0.5, 0.6) is 11.5 Å².